The zero-order valence-corrected chi connectivity index (χ0v) is 13.3. The molecule has 3 rings (SSSR count). The maximum Gasteiger partial charge on any atom is 0.432 e. The van der Waals surface area contributed by atoms with E-state index in [1.54, 1.807) is 24.3 Å². The van der Waals surface area contributed by atoms with Crippen LogP contribution in [-0.2, 0) is 0 Å². The van der Waals surface area contributed by atoms with Crippen LogP contribution in [0.2, 0.25) is 0 Å². The Morgan fingerprint density at radius 1 is 1.08 bits per heavy atom. The molecule has 0 saturated carbocycles. The molecule has 0 spiro atoms. The maximum atomic E-state index is 13.4. The first kappa shape index (κ1) is 17.9. The van der Waals surface area contributed by atoms with Gasteiger partial charge < -0.3 is 4.74 Å². The van der Waals surface area contributed by atoms with E-state index in [1.807, 2.05) is 0 Å². The third-order valence-electron chi connectivity index (χ3n) is 4.36. The summed E-state index contributed by atoms with van der Waals surface area (Å²) in [6.07, 6.45) is -7.96. The molecule has 0 aliphatic carbocycles. The quantitative estimate of drug-likeness (QED) is 0.466. The number of halogens is 3. The van der Waals surface area contributed by atoms with Gasteiger partial charge in [-0.1, -0.05) is 48.5 Å². The summed E-state index contributed by atoms with van der Waals surface area (Å²) in [5.41, 5.74) is 0.529. The molecule has 8 heteroatoms. The van der Waals surface area contributed by atoms with Crippen LogP contribution < -0.4 is 4.74 Å². The van der Waals surface area contributed by atoms with Crippen molar-refractivity contribution in [2.45, 2.75) is 30.7 Å². The topological polar surface area (TPSA) is 69.4 Å². The van der Waals surface area contributed by atoms with Gasteiger partial charge >= 0.3 is 6.18 Å². The molecule has 0 unspecified atom stereocenters. The molecule has 2 aromatic carbocycles. The highest BCUT2D eigenvalue weighted by Gasteiger charge is 2.59. The van der Waals surface area contributed by atoms with Crippen molar-refractivity contribution in [1.82, 2.24) is 0 Å². The number of nitrogens with zero attached hydrogens (tertiary/aromatic N) is 1. The molecular weight excluding hydrogens is 351 g/mol. The molecule has 5 nitrogen and oxygen atoms in total. The third kappa shape index (κ3) is 3.40. The molecule has 0 radical (unpaired) electrons. The van der Waals surface area contributed by atoms with Gasteiger partial charge in [0.2, 0.25) is 0 Å². The van der Waals surface area contributed by atoms with E-state index in [4.69, 9.17) is 4.74 Å². The van der Waals surface area contributed by atoms with Gasteiger partial charge in [-0.2, -0.15) is 13.2 Å². The number of rotatable bonds is 4. The van der Waals surface area contributed by atoms with Crippen molar-refractivity contribution in [2.24, 2.45) is 0 Å². The van der Waals surface area contributed by atoms with E-state index in [-0.39, 0.29) is 11.3 Å². The predicted molar refractivity (Wildman–Crippen MR) is 85.8 cm³/mol. The lowest BCUT2D eigenvalue weighted by Crippen LogP contribution is -2.53. The van der Waals surface area contributed by atoms with Crippen LogP contribution in [0.15, 0.2) is 54.6 Å². The summed E-state index contributed by atoms with van der Waals surface area (Å²) in [5.74, 6) is -1.78. The second kappa shape index (κ2) is 6.78. The van der Waals surface area contributed by atoms with E-state index in [2.05, 4.69) is 0 Å². The fraction of sp³-hybridized carbons (Fsp3) is 0.278. The Hall–Kier alpha value is -2.90. The van der Waals surface area contributed by atoms with Crippen LogP contribution >= 0.6 is 0 Å². The van der Waals surface area contributed by atoms with Crippen molar-refractivity contribution in [1.29, 1.82) is 0 Å². The summed E-state index contributed by atoms with van der Waals surface area (Å²) in [4.78, 5) is 23.0. The zero-order chi connectivity index (χ0) is 18.9. The molecule has 0 bridgehead atoms. The number of fused-ring (bicyclic) bond motifs is 1. The normalized spacial score (nSPS) is 22.2. The average molecular weight is 365 g/mol. The lowest BCUT2D eigenvalue weighted by Gasteiger charge is -2.35. The van der Waals surface area contributed by atoms with Crippen LogP contribution in [-0.4, -0.2) is 29.0 Å². The Kier molecular flexibility index (Phi) is 4.67. The van der Waals surface area contributed by atoms with Crippen LogP contribution in [0.1, 0.15) is 28.3 Å². The Labute approximate surface area is 146 Å². The number of hydrogen-bond acceptors (Lipinski definition) is 4. The minimum Gasteiger partial charge on any atom is -0.473 e. The smallest absolute Gasteiger partial charge is 0.432 e. The minimum absolute atomic E-state index is 0.0845. The van der Waals surface area contributed by atoms with Crippen molar-refractivity contribution < 1.29 is 27.6 Å². The molecule has 0 fully saturated rings. The van der Waals surface area contributed by atoms with Crippen molar-refractivity contribution in [3.05, 3.63) is 75.8 Å². The van der Waals surface area contributed by atoms with Crippen LogP contribution in [0.25, 0.3) is 0 Å². The molecule has 1 aliphatic rings. The number of carbonyl (C=O) groups excluding carboxylic acids is 1. The average Bonchev–Trinajstić information content (AvgIpc) is 2.61. The summed E-state index contributed by atoms with van der Waals surface area (Å²) < 4.78 is 45.0. The largest absolute Gasteiger partial charge is 0.473 e. The number of hydrogen-bond donors (Lipinski definition) is 0. The monoisotopic (exact) mass is 365 g/mol. The Morgan fingerprint density at radius 3 is 2.31 bits per heavy atom. The lowest BCUT2D eigenvalue weighted by molar-refractivity contribution is -0.548. The second-order valence-electron chi connectivity index (χ2n) is 5.99. The van der Waals surface area contributed by atoms with Gasteiger partial charge in [-0.3, -0.25) is 14.9 Å². The first-order valence-corrected chi connectivity index (χ1v) is 7.83. The van der Waals surface area contributed by atoms with E-state index in [9.17, 15) is 28.1 Å². The van der Waals surface area contributed by atoms with Crippen LogP contribution in [0.5, 0.6) is 5.75 Å². The number of carbonyl (C=O) groups is 1. The van der Waals surface area contributed by atoms with Gasteiger partial charge in [-0.05, 0) is 6.07 Å². The summed E-state index contributed by atoms with van der Waals surface area (Å²) in [6.45, 7) is 0. The van der Waals surface area contributed by atoms with Gasteiger partial charge in [-0.25, -0.2) is 0 Å². The highest BCUT2D eigenvalue weighted by atomic mass is 19.4. The number of Topliss-reactive ketones (excluding diaryl/α,β-unsaturated/α-hetero) is 1. The number of benzene rings is 2. The van der Waals surface area contributed by atoms with Crippen molar-refractivity contribution in [3.8, 4) is 5.75 Å². The van der Waals surface area contributed by atoms with Gasteiger partial charge in [0, 0.05) is 22.5 Å². The van der Waals surface area contributed by atoms with E-state index < -0.39 is 41.4 Å². The van der Waals surface area contributed by atoms with Crippen molar-refractivity contribution in [2.75, 3.05) is 0 Å². The molecule has 2 aromatic rings. The molecule has 136 valence electrons. The number of ether oxygens (including phenoxy) is 1. The fourth-order valence-electron chi connectivity index (χ4n) is 3.19. The lowest BCUT2D eigenvalue weighted by atomic mass is 9.81. The summed E-state index contributed by atoms with van der Waals surface area (Å²) in [7, 11) is 0. The Balaban J connectivity index is 2.03. The number of alkyl halides is 3. The highest BCUT2D eigenvalue weighted by molar-refractivity contribution is 5.96. The van der Waals surface area contributed by atoms with E-state index >= 15 is 0 Å². The molecule has 1 heterocycles. The van der Waals surface area contributed by atoms with E-state index in [1.165, 1.54) is 30.3 Å². The SMILES string of the molecule is O=C(C[C@@H]1c2ccccc2O[C@H](C(F)(F)F)[C@H]1[N+](=O)[O-])c1ccccc1. The predicted octanol–water partition coefficient (Wildman–Crippen LogP) is 4.01. The third-order valence-corrected chi connectivity index (χ3v) is 4.36. The van der Waals surface area contributed by atoms with Crippen LogP contribution in [0.3, 0.4) is 0 Å². The minimum atomic E-state index is -4.93. The van der Waals surface area contributed by atoms with Crippen LogP contribution in [0.4, 0.5) is 13.2 Å². The Bertz CT molecular complexity index is 823. The van der Waals surface area contributed by atoms with Gasteiger partial charge in [0.1, 0.15) is 5.75 Å². The molecule has 0 N–H and O–H groups in total. The number of nitro groups is 1. The van der Waals surface area contributed by atoms with E-state index in [0.29, 0.717) is 5.56 Å². The van der Waals surface area contributed by atoms with E-state index in [0.717, 1.165) is 0 Å². The summed E-state index contributed by atoms with van der Waals surface area (Å²) in [5, 5.41) is 11.5. The molecule has 0 saturated heterocycles. The van der Waals surface area contributed by atoms with Gasteiger partial charge in [-0.15, -0.1) is 0 Å². The maximum absolute atomic E-state index is 13.4. The molecule has 1 aliphatic heterocycles. The number of para-hydroxylation sites is 1. The fourth-order valence-corrected chi connectivity index (χ4v) is 3.19. The summed E-state index contributed by atoms with van der Waals surface area (Å²) >= 11 is 0. The second-order valence-corrected chi connectivity index (χ2v) is 5.99. The standard InChI is InChI=1S/C18H14F3NO4/c19-18(20,21)17-16(22(24)25)13(12-8-4-5-9-15(12)26-17)10-14(23)11-6-2-1-3-7-11/h1-9,13,16-17H,10H2/t13-,16+,17+/m1/s1. The summed E-state index contributed by atoms with van der Waals surface area (Å²) in [6, 6.07) is 11.7. The van der Waals surface area contributed by atoms with Gasteiger partial charge in [0.25, 0.3) is 12.1 Å². The molecule has 26 heavy (non-hydrogen) atoms. The first-order chi connectivity index (χ1) is 12.3. The van der Waals surface area contributed by atoms with Crippen LogP contribution in [0, 0.1) is 10.1 Å². The molecular formula is C18H14F3NO4. The van der Waals surface area contributed by atoms with Crippen molar-refractivity contribution in [3.63, 3.8) is 0 Å². The molecule has 0 aromatic heterocycles. The van der Waals surface area contributed by atoms with Gasteiger partial charge in [0.15, 0.2) is 5.78 Å². The van der Waals surface area contributed by atoms with Gasteiger partial charge in [0.05, 0.1) is 5.92 Å². The number of ketones is 1. The van der Waals surface area contributed by atoms with Crippen molar-refractivity contribution >= 4 is 5.78 Å². The Morgan fingerprint density at radius 2 is 1.69 bits per heavy atom. The molecule has 0 amide bonds. The highest BCUT2D eigenvalue weighted by Crippen LogP contribution is 2.44. The molecule has 3 atom stereocenters. The first-order valence-electron chi connectivity index (χ1n) is 7.83. The zero-order valence-electron chi connectivity index (χ0n) is 13.3.